The molecule has 0 bridgehead atoms. The Bertz CT molecular complexity index is 456. The highest BCUT2D eigenvalue weighted by atomic mass is 79.9. The smallest absolute Gasteiger partial charge is 0.242 e. The summed E-state index contributed by atoms with van der Waals surface area (Å²) in [6.07, 6.45) is 5.02. The predicted molar refractivity (Wildman–Crippen MR) is 69.0 cm³/mol. The van der Waals surface area contributed by atoms with E-state index in [0.717, 1.165) is 0 Å². The van der Waals surface area contributed by atoms with Crippen LogP contribution >= 0.6 is 15.9 Å². The van der Waals surface area contributed by atoms with Gasteiger partial charge in [0.1, 0.15) is 11.9 Å². The van der Waals surface area contributed by atoms with Crippen LogP contribution in [0.25, 0.3) is 0 Å². The van der Waals surface area contributed by atoms with Gasteiger partial charge in [0.25, 0.3) is 0 Å². The molecule has 1 aromatic rings. The number of carbonyl (C=O) groups excluding carboxylic acids is 1. The van der Waals surface area contributed by atoms with Crippen molar-refractivity contribution in [1.29, 1.82) is 0 Å². The molecule has 0 saturated carbocycles. The van der Waals surface area contributed by atoms with Gasteiger partial charge >= 0.3 is 0 Å². The first-order valence-electron chi connectivity index (χ1n) is 4.97. The molecule has 5 heteroatoms. The summed E-state index contributed by atoms with van der Waals surface area (Å²) < 4.78 is 14.1. The predicted octanol–water partition coefficient (Wildman–Crippen LogP) is 2.14. The molecule has 2 N–H and O–H groups in total. The minimum Gasteiger partial charge on any atom is -0.372 e. The topological polar surface area (TPSA) is 41.1 Å². The first kappa shape index (κ1) is 13.5. The summed E-state index contributed by atoms with van der Waals surface area (Å²) in [5.41, 5.74) is 0.275. The molecule has 0 aromatic heterocycles. The van der Waals surface area contributed by atoms with Crippen LogP contribution in [-0.2, 0) is 4.79 Å². The average molecular weight is 299 g/mol. The molecule has 1 rings (SSSR count). The van der Waals surface area contributed by atoms with E-state index in [4.69, 9.17) is 6.42 Å². The van der Waals surface area contributed by atoms with E-state index in [-0.39, 0.29) is 18.1 Å². The number of anilines is 1. The SMILES string of the molecule is C#CCNC(=O)C(C)Nc1ccc(Br)cc1F. The Morgan fingerprint density at radius 1 is 1.65 bits per heavy atom. The van der Waals surface area contributed by atoms with E-state index in [1.165, 1.54) is 6.07 Å². The van der Waals surface area contributed by atoms with E-state index in [1.54, 1.807) is 19.1 Å². The number of hydrogen-bond acceptors (Lipinski definition) is 2. The molecular weight excluding hydrogens is 287 g/mol. The lowest BCUT2D eigenvalue weighted by Gasteiger charge is -2.15. The van der Waals surface area contributed by atoms with Crippen LogP contribution in [0.2, 0.25) is 0 Å². The molecule has 0 fully saturated rings. The van der Waals surface area contributed by atoms with Gasteiger partial charge in [-0.25, -0.2) is 4.39 Å². The van der Waals surface area contributed by atoms with Gasteiger partial charge in [-0.05, 0) is 25.1 Å². The highest BCUT2D eigenvalue weighted by Crippen LogP contribution is 2.19. The first-order valence-corrected chi connectivity index (χ1v) is 5.76. The second-order valence-electron chi connectivity index (χ2n) is 3.41. The summed E-state index contributed by atoms with van der Waals surface area (Å²) in [6, 6.07) is 4.02. The third-order valence-electron chi connectivity index (χ3n) is 2.06. The van der Waals surface area contributed by atoms with Crippen molar-refractivity contribution >= 4 is 27.5 Å². The quantitative estimate of drug-likeness (QED) is 0.836. The molecule has 17 heavy (non-hydrogen) atoms. The third-order valence-corrected chi connectivity index (χ3v) is 2.55. The Labute approximate surface area is 108 Å². The Morgan fingerprint density at radius 3 is 2.94 bits per heavy atom. The van der Waals surface area contributed by atoms with Crippen molar-refractivity contribution in [2.45, 2.75) is 13.0 Å². The summed E-state index contributed by atoms with van der Waals surface area (Å²) in [7, 11) is 0. The van der Waals surface area contributed by atoms with E-state index in [9.17, 15) is 9.18 Å². The molecule has 1 amide bonds. The van der Waals surface area contributed by atoms with Gasteiger partial charge in [0.15, 0.2) is 0 Å². The van der Waals surface area contributed by atoms with Crippen molar-refractivity contribution in [3.05, 3.63) is 28.5 Å². The lowest BCUT2D eigenvalue weighted by Crippen LogP contribution is -2.37. The van der Waals surface area contributed by atoms with Crippen LogP contribution in [-0.4, -0.2) is 18.5 Å². The molecule has 1 aromatic carbocycles. The number of nitrogens with one attached hydrogen (secondary N) is 2. The van der Waals surface area contributed by atoms with Gasteiger partial charge in [0, 0.05) is 4.47 Å². The molecule has 0 aliphatic heterocycles. The minimum atomic E-state index is -0.556. The maximum Gasteiger partial charge on any atom is 0.242 e. The monoisotopic (exact) mass is 298 g/mol. The van der Waals surface area contributed by atoms with E-state index >= 15 is 0 Å². The zero-order valence-electron chi connectivity index (χ0n) is 9.26. The average Bonchev–Trinajstić information content (AvgIpc) is 2.29. The summed E-state index contributed by atoms with van der Waals surface area (Å²) >= 11 is 3.16. The summed E-state index contributed by atoms with van der Waals surface area (Å²) in [5, 5.41) is 5.28. The van der Waals surface area contributed by atoms with Gasteiger partial charge in [-0.1, -0.05) is 21.9 Å². The Morgan fingerprint density at radius 2 is 2.35 bits per heavy atom. The fraction of sp³-hybridized carbons (Fsp3) is 0.250. The molecule has 0 spiro atoms. The Balaban J connectivity index is 2.65. The second-order valence-corrected chi connectivity index (χ2v) is 4.33. The van der Waals surface area contributed by atoms with Crippen molar-refractivity contribution in [2.75, 3.05) is 11.9 Å². The molecule has 3 nitrogen and oxygen atoms in total. The number of rotatable bonds is 4. The number of amides is 1. The number of halogens is 2. The maximum atomic E-state index is 13.5. The maximum absolute atomic E-state index is 13.5. The lowest BCUT2D eigenvalue weighted by molar-refractivity contribution is -0.121. The van der Waals surface area contributed by atoms with Gasteiger partial charge in [-0.3, -0.25) is 4.79 Å². The van der Waals surface area contributed by atoms with Crippen LogP contribution in [0.15, 0.2) is 22.7 Å². The van der Waals surface area contributed by atoms with E-state index in [2.05, 4.69) is 32.5 Å². The Kier molecular flexibility index (Phi) is 4.98. The molecule has 0 radical (unpaired) electrons. The van der Waals surface area contributed by atoms with Gasteiger partial charge in [0.2, 0.25) is 5.91 Å². The molecule has 1 unspecified atom stereocenters. The van der Waals surface area contributed by atoms with Gasteiger partial charge < -0.3 is 10.6 Å². The molecule has 1 atom stereocenters. The van der Waals surface area contributed by atoms with Crippen molar-refractivity contribution < 1.29 is 9.18 Å². The molecule has 0 heterocycles. The molecule has 0 saturated heterocycles. The van der Waals surface area contributed by atoms with E-state index in [1.807, 2.05) is 0 Å². The van der Waals surface area contributed by atoms with E-state index < -0.39 is 11.9 Å². The summed E-state index contributed by atoms with van der Waals surface area (Å²) in [6.45, 7) is 1.79. The largest absolute Gasteiger partial charge is 0.372 e. The van der Waals surface area contributed by atoms with Gasteiger partial charge in [-0.15, -0.1) is 6.42 Å². The number of benzene rings is 1. The standard InChI is InChI=1S/C12H12BrFN2O/c1-3-6-15-12(17)8(2)16-11-5-4-9(13)7-10(11)14/h1,4-5,7-8,16H,6H2,2H3,(H,15,17). The fourth-order valence-electron chi connectivity index (χ4n) is 1.20. The van der Waals surface area contributed by atoms with Crippen molar-refractivity contribution in [3.8, 4) is 12.3 Å². The van der Waals surface area contributed by atoms with Crippen LogP contribution in [0.3, 0.4) is 0 Å². The zero-order valence-corrected chi connectivity index (χ0v) is 10.8. The summed E-state index contributed by atoms with van der Waals surface area (Å²) in [4.78, 5) is 11.5. The Hall–Kier alpha value is -1.54. The number of terminal acetylenes is 1. The van der Waals surface area contributed by atoms with Crippen LogP contribution in [0.1, 0.15) is 6.92 Å². The second kappa shape index (κ2) is 6.26. The molecule has 90 valence electrons. The molecule has 0 aliphatic carbocycles. The minimum absolute atomic E-state index is 0.160. The van der Waals surface area contributed by atoms with Gasteiger partial charge in [-0.2, -0.15) is 0 Å². The van der Waals surface area contributed by atoms with Crippen LogP contribution < -0.4 is 10.6 Å². The van der Waals surface area contributed by atoms with Crippen molar-refractivity contribution in [2.24, 2.45) is 0 Å². The first-order chi connectivity index (χ1) is 8.04. The van der Waals surface area contributed by atoms with Crippen molar-refractivity contribution in [1.82, 2.24) is 5.32 Å². The number of hydrogen-bond donors (Lipinski definition) is 2. The van der Waals surface area contributed by atoms with Crippen LogP contribution in [0.5, 0.6) is 0 Å². The fourth-order valence-corrected chi connectivity index (χ4v) is 1.53. The highest BCUT2D eigenvalue weighted by Gasteiger charge is 2.13. The van der Waals surface area contributed by atoms with Crippen molar-refractivity contribution in [3.63, 3.8) is 0 Å². The van der Waals surface area contributed by atoms with Crippen LogP contribution in [0.4, 0.5) is 10.1 Å². The molecular formula is C12H12BrFN2O. The normalized spacial score (nSPS) is 11.4. The zero-order chi connectivity index (χ0) is 12.8. The van der Waals surface area contributed by atoms with E-state index in [0.29, 0.717) is 4.47 Å². The summed E-state index contributed by atoms with van der Waals surface area (Å²) in [5.74, 6) is 1.60. The highest BCUT2D eigenvalue weighted by molar-refractivity contribution is 9.10. The number of carbonyl (C=O) groups is 1. The third kappa shape index (κ3) is 4.08. The van der Waals surface area contributed by atoms with Crippen LogP contribution in [0, 0.1) is 18.2 Å². The molecule has 0 aliphatic rings. The lowest BCUT2D eigenvalue weighted by atomic mass is 10.2. The van der Waals surface area contributed by atoms with Gasteiger partial charge in [0.05, 0.1) is 12.2 Å².